The number of carbonyl (C=O) groups excluding carboxylic acids is 2. The number of amides is 2. The van der Waals surface area contributed by atoms with Gasteiger partial charge in [-0.05, 0) is 40.0 Å². The minimum atomic E-state index is -0.450. The van der Waals surface area contributed by atoms with Crippen molar-refractivity contribution in [3.63, 3.8) is 0 Å². The van der Waals surface area contributed by atoms with E-state index >= 15 is 0 Å². The van der Waals surface area contributed by atoms with Crippen LogP contribution in [-0.2, 0) is 9.53 Å². The number of piperidine rings is 1. The Morgan fingerprint density at radius 1 is 1.15 bits per heavy atom. The van der Waals surface area contributed by atoms with Gasteiger partial charge in [0.1, 0.15) is 5.60 Å². The second-order valence-electron chi connectivity index (χ2n) is 6.92. The number of hydrogen-bond acceptors (Lipinski definition) is 3. The molecule has 0 aromatic heterocycles. The van der Waals surface area contributed by atoms with Crippen LogP contribution < -0.4 is 0 Å². The van der Waals surface area contributed by atoms with Gasteiger partial charge in [0.15, 0.2) is 0 Å². The zero-order valence-corrected chi connectivity index (χ0v) is 13.0. The predicted molar refractivity (Wildman–Crippen MR) is 76.3 cm³/mol. The Bertz CT molecular complexity index is 381. The minimum absolute atomic E-state index is 0.166. The molecule has 5 heteroatoms. The van der Waals surface area contributed by atoms with E-state index in [4.69, 9.17) is 4.74 Å². The van der Waals surface area contributed by atoms with Gasteiger partial charge < -0.3 is 14.5 Å². The second kappa shape index (κ2) is 5.62. The number of rotatable bonds is 1. The molecule has 0 saturated carbocycles. The molecule has 2 aliphatic heterocycles. The van der Waals surface area contributed by atoms with Crippen molar-refractivity contribution in [3.05, 3.63) is 0 Å². The van der Waals surface area contributed by atoms with Crippen LogP contribution in [0, 0.1) is 5.92 Å². The van der Waals surface area contributed by atoms with Gasteiger partial charge in [-0.15, -0.1) is 0 Å². The smallest absolute Gasteiger partial charge is 0.410 e. The molecule has 2 amide bonds. The molecule has 1 atom stereocenters. The summed E-state index contributed by atoms with van der Waals surface area (Å²) >= 11 is 0. The molecule has 0 radical (unpaired) electrons. The maximum atomic E-state index is 12.0. The van der Waals surface area contributed by atoms with E-state index in [1.807, 2.05) is 32.6 Å². The van der Waals surface area contributed by atoms with Crippen LogP contribution in [0.2, 0.25) is 0 Å². The maximum absolute atomic E-state index is 12.0. The first kappa shape index (κ1) is 15.1. The van der Waals surface area contributed by atoms with E-state index in [1.54, 1.807) is 4.90 Å². The molecule has 0 spiro atoms. The molecule has 0 bridgehead atoms. The summed E-state index contributed by atoms with van der Waals surface area (Å²) in [5.74, 6) is 0.444. The highest BCUT2D eigenvalue weighted by Crippen LogP contribution is 2.25. The van der Waals surface area contributed by atoms with Gasteiger partial charge in [0.25, 0.3) is 0 Å². The molecule has 2 heterocycles. The zero-order chi connectivity index (χ0) is 14.9. The lowest BCUT2D eigenvalue weighted by molar-refractivity contribution is -0.133. The summed E-state index contributed by atoms with van der Waals surface area (Å²) < 4.78 is 5.38. The number of carbonyl (C=O) groups is 2. The Morgan fingerprint density at radius 2 is 1.75 bits per heavy atom. The van der Waals surface area contributed by atoms with Crippen molar-refractivity contribution >= 4 is 12.0 Å². The van der Waals surface area contributed by atoms with Crippen molar-refractivity contribution in [2.24, 2.45) is 5.92 Å². The molecule has 0 aliphatic carbocycles. The monoisotopic (exact) mass is 282 g/mol. The Hall–Kier alpha value is -1.26. The van der Waals surface area contributed by atoms with E-state index in [0.29, 0.717) is 19.1 Å². The molecule has 114 valence electrons. The summed E-state index contributed by atoms with van der Waals surface area (Å²) in [5, 5.41) is 0. The van der Waals surface area contributed by atoms with Crippen molar-refractivity contribution in [1.29, 1.82) is 0 Å². The third-order valence-corrected chi connectivity index (χ3v) is 4.06. The number of hydrogen-bond donors (Lipinski definition) is 0. The second-order valence-corrected chi connectivity index (χ2v) is 6.92. The lowest BCUT2D eigenvalue weighted by Crippen LogP contribution is -2.48. The van der Waals surface area contributed by atoms with Crippen LogP contribution >= 0.6 is 0 Å². The largest absolute Gasteiger partial charge is 0.444 e. The zero-order valence-electron chi connectivity index (χ0n) is 13.0. The van der Waals surface area contributed by atoms with E-state index in [1.165, 1.54) is 0 Å². The molecule has 2 rings (SSSR count). The summed E-state index contributed by atoms with van der Waals surface area (Å²) in [6, 6.07) is 0.297. The SMILES string of the molecule is C[C@@H]1CCN(C2CCN(C(=O)OC(C)(C)C)CC2)C1=O. The summed E-state index contributed by atoms with van der Waals surface area (Å²) in [6.07, 6.45) is 2.44. The number of nitrogens with zero attached hydrogens (tertiary/aromatic N) is 2. The van der Waals surface area contributed by atoms with Crippen molar-refractivity contribution in [2.75, 3.05) is 19.6 Å². The first-order valence-corrected chi connectivity index (χ1v) is 7.56. The first-order chi connectivity index (χ1) is 9.28. The van der Waals surface area contributed by atoms with Gasteiger partial charge in [-0.25, -0.2) is 4.79 Å². The standard InChI is InChI=1S/C15H26N2O3/c1-11-5-10-17(13(11)18)12-6-8-16(9-7-12)14(19)20-15(2,3)4/h11-12H,5-10H2,1-4H3/t11-/m1/s1. The Kier molecular flexibility index (Phi) is 4.25. The van der Waals surface area contributed by atoms with Gasteiger partial charge in [0.05, 0.1) is 0 Å². The molecule has 2 saturated heterocycles. The molecule has 2 fully saturated rings. The highest BCUT2D eigenvalue weighted by molar-refractivity contribution is 5.80. The van der Waals surface area contributed by atoms with Crippen LogP contribution in [0.15, 0.2) is 0 Å². The van der Waals surface area contributed by atoms with E-state index in [2.05, 4.69) is 0 Å². The average molecular weight is 282 g/mol. The van der Waals surface area contributed by atoms with Crippen molar-refractivity contribution in [3.8, 4) is 0 Å². The quantitative estimate of drug-likeness (QED) is 0.741. The molecule has 5 nitrogen and oxygen atoms in total. The van der Waals surface area contributed by atoms with E-state index in [9.17, 15) is 9.59 Å². The third kappa shape index (κ3) is 3.44. The van der Waals surface area contributed by atoms with Gasteiger partial charge >= 0.3 is 6.09 Å². The molecule has 20 heavy (non-hydrogen) atoms. The summed E-state index contributed by atoms with van der Waals surface area (Å²) in [6.45, 7) is 9.86. The van der Waals surface area contributed by atoms with Crippen LogP contribution in [0.4, 0.5) is 4.79 Å². The van der Waals surface area contributed by atoms with E-state index in [-0.39, 0.29) is 17.9 Å². The molecule has 2 aliphatic rings. The molecule has 0 unspecified atom stereocenters. The number of likely N-dealkylation sites (tertiary alicyclic amines) is 2. The molecular formula is C15H26N2O3. The van der Waals surface area contributed by atoms with Gasteiger partial charge in [-0.1, -0.05) is 6.92 Å². The fourth-order valence-electron chi connectivity index (χ4n) is 2.90. The normalized spacial score (nSPS) is 25.2. The van der Waals surface area contributed by atoms with Crippen LogP contribution in [-0.4, -0.2) is 53.1 Å². The van der Waals surface area contributed by atoms with E-state index < -0.39 is 5.60 Å². The average Bonchev–Trinajstić information content (AvgIpc) is 2.68. The number of ether oxygens (including phenoxy) is 1. The van der Waals surface area contributed by atoms with Gasteiger partial charge in [-0.3, -0.25) is 4.79 Å². The summed E-state index contributed by atoms with van der Waals surface area (Å²) in [4.78, 5) is 27.8. The van der Waals surface area contributed by atoms with Gasteiger partial charge in [0, 0.05) is 31.6 Å². The minimum Gasteiger partial charge on any atom is -0.444 e. The Balaban J connectivity index is 1.84. The summed E-state index contributed by atoms with van der Waals surface area (Å²) in [5.41, 5.74) is -0.450. The Labute approximate surface area is 121 Å². The lowest BCUT2D eigenvalue weighted by Gasteiger charge is -2.37. The Morgan fingerprint density at radius 3 is 2.20 bits per heavy atom. The molecule has 0 N–H and O–H groups in total. The van der Waals surface area contributed by atoms with Crippen molar-refractivity contribution in [2.45, 2.75) is 58.6 Å². The molecule has 0 aromatic carbocycles. The maximum Gasteiger partial charge on any atom is 0.410 e. The lowest BCUT2D eigenvalue weighted by atomic mass is 10.0. The third-order valence-electron chi connectivity index (χ3n) is 4.06. The molecule has 0 aromatic rings. The highest BCUT2D eigenvalue weighted by atomic mass is 16.6. The van der Waals surface area contributed by atoms with Crippen LogP contribution in [0.3, 0.4) is 0 Å². The fourth-order valence-corrected chi connectivity index (χ4v) is 2.90. The van der Waals surface area contributed by atoms with Crippen LogP contribution in [0.5, 0.6) is 0 Å². The van der Waals surface area contributed by atoms with Gasteiger partial charge in [0.2, 0.25) is 5.91 Å². The van der Waals surface area contributed by atoms with Crippen molar-refractivity contribution < 1.29 is 14.3 Å². The molecular weight excluding hydrogens is 256 g/mol. The van der Waals surface area contributed by atoms with Gasteiger partial charge in [-0.2, -0.15) is 0 Å². The highest BCUT2D eigenvalue weighted by Gasteiger charge is 2.36. The topological polar surface area (TPSA) is 49.9 Å². The van der Waals surface area contributed by atoms with E-state index in [0.717, 1.165) is 25.8 Å². The van der Waals surface area contributed by atoms with Crippen molar-refractivity contribution in [1.82, 2.24) is 9.80 Å². The first-order valence-electron chi connectivity index (χ1n) is 7.56. The van der Waals surface area contributed by atoms with Crippen LogP contribution in [0.25, 0.3) is 0 Å². The van der Waals surface area contributed by atoms with Crippen LogP contribution in [0.1, 0.15) is 47.0 Å². The summed E-state index contributed by atoms with van der Waals surface area (Å²) in [7, 11) is 0. The predicted octanol–water partition coefficient (Wildman–Crippen LogP) is 2.25. The fraction of sp³-hybridized carbons (Fsp3) is 0.867.